The molecule has 0 aliphatic heterocycles. The molecule has 26 heavy (non-hydrogen) atoms. The maximum Gasteiger partial charge on any atom is 0.292 e. The van der Waals surface area contributed by atoms with Crippen molar-refractivity contribution in [3.8, 4) is 0 Å². The van der Waals surface area contributed by atoms with Crippen LogP contribution >= 0.6 is 11.6 Å². The van der Waals surface area contributed by atoms with E-state index in [0.717, 1.165) is 0 Å². The predicted octanol–water partition coefficient (Wildman–Crippen LogP) is 3.95. The van der Waals surface area contributed by atoms with Crippen LogP contribution < -0.4 is 5.32 Å². The summed E-state index contributed by atoms with van der Waals surface area (Å²) in [7, 11) is 1.77. The van der Waals surface area contributed by atoms with Crippen LogP contribution in [-0.4, -0.2) is 25.4 Å². The Balaban J connectivity index is 1.94. The summed E-state index contributed by atoms with van der Waals surface area (Å²) >= 11 is 6.34. The van der Waals surface area contributed by atoms with E-state index in [0.29, 0.717) is 27.8 Å². The number of nitrogens with one attached hydrogen (secondary N) is 1. The van der Waals surface area contributed by atoms with Gasteiger partial charge in [-0.2, -0.15) is 0 Å². The van der Waals surface area contributed by atoms with Gasteiger partial charge in [-0.3, -0.25) is 10.1 Å². The van der Waals surface area contributed by atoms with E-state index >= 15 is 0 Å². The van der Waals surface area contributed by atoms with Crippen LogP contribution in [0.15, 0.2) is 60.0 Å². The number of anilines is 2. The van der Waals surface area contributed by atoms with E-state index in [1.54, 1.807) is 60.4 Å². The van der Waals surface area contributed by atoms with Crippen LogP contribution in [0.25, 0.3) is 0 Å². The Hall–Kier alpha value is -3.39. The van der Waals surface area contributed by atoms with Crippen molar-refractivity contribution in [1.82, 2.24) is 9.55 Å². The highest BCUT2D eigenvalue weighted by molar-refractivity contribution is 6.35. The number of aromatic nitrogens is 2. The van der Waals surface area contributed by atoms with Crippen LogP contribution in [0.1, 0.15) is 11.4 Å². The zero-order chi connectivity index (χ0) is 18.7. The first-order valence-electron chi connectivity index (χ1n) is 7.51. The Morgan fingerprint density at radius 3 is 2.73 bits per heavy atom. The number of halogens is 1. The molecule has 0 spiro atoms. The fourth-order valence-corrected chi connectivity index (χ4v) is 2.76. The van der Waals surface area contributed by atoms with Crippen LogP contribution in [-0.2, 0) is 7.05 Å². The molecule has 0 radical (unpaired) electrons. The molecule has 0 atom stereocenters. The van der Waals surface area contributed by atoms with E-state index in [1.807, 2.05) is 0 Å². The van der Waals surface area contributed by atoms with Gasteiger partial charge in [-0.15, -0.1) is 0 Å². The average molecular weight is 372 g/mol. The molecule has 1 heterocycles. The molecule has 0 saturated heterocycles. The Bertz CT molecular complexity index is 1000. The quantitative estimate of drug-likeness (QED) is 0.305. The van der Waals surface area contributed by atoms with E-state index in [4.69, 9.17) is 11.6 Å². The van der Waals surface area contributed by atoms with Gasteiger partial charge in [0, 0.05) is 36.8 Å². The standard InChI is InChI=1S/C17H14ClN5O3/c1-22-9-8-19-17(22)16(21-24)12-7-6-11(10-13(12)18)20-14-4-2-3-5-15(14)23(25)26/h2-10,20,24H,1H3. The van der Waals surface area contributed by atoms with Crippen molar-refractivity contribution < 1.29 is 10.1 Å². The summed E-state index contributed by atoms with van der Waals surface area (Å²) in [6, 6.07) is 11.3. The third kappa shape index (κ3) is 3.35. The highest BCUT2D eigenvalue weighted by atomic mass is 35.5. The smallest absolute Gasteiger partial charge is 0.292 e. The third-order valence-corrected chi connectivity index (χ3v) is 4.05. The normalized spacial score (nSPS) is 11.4. The maximum absolute atomic E-state index is 11.1. The van der Waals surface area contributed by atoms with Crippen molar-refractivity contribution in [3.63, 3.8) is 0 Å². The molecule has 2 aromatic carbocycles. The van der Waals surface area contributed by atoms with Crippen LogP contribution in [0.4, 0.5) is 17.1 Å². The van der Waals surface area contributed by atoms with E-state index in [1.165, 1.54) is 6.07 Å². The largest absolute Gasteiger partial charge is 0.410 e. The highest BCUT2D eigenvalue weighted by Gasteiger charge is 2.17. The number of aryl methyl sites for hydroxylation is 1. The first kappa shape index (κ1) is 17.4. The van der Waals surface area contributed by atoms with Crippen molar-refractivity contribution in [2.75, 3.05) is 5.32 Å². The molecule has 0 aliphatic rings. The molecule has 3 rings (SSSR count). The lowest BCUT2D eigenvalue weighted by Crippen LogP contribution is -2.11. The van der Waals surface area contributed by atoms with Gasteiger partial charge in [-0.25, -0.2) is 4.98 Å². The zero-order valence-electron chi connectivity index (χ0n) is 13.6. The molecule has 2 N–H and O–H groups in total. The minimum atomic E-state index is -0.462. The molecule has 0 unspecified atom stereocenters. The Labute approximate surface area is 153 Å². The van der Waals surface area contributed by atoms with Gasteiger partial charge >= 0.3 is 0 Å². The lowest BCUT2D eigenvalue weighted by molar-refractivity contribution is -0.383. The number of nitro benzene ring substituents is 1. The minimum Gasteiger partial charge on any atom is -0.410 e. The Morgan fingerprint density at radius 1 is 1.35 bits per heavy atom. The summed E-state index contributed by atoms with van der Waals surface area (Å²) in [4.78, 5) is 14.8. The number of para-hydroxylation sites is 2. The first-order valence-corrected chi connectivity index (χ1v) is 7.89. The monoisotopic (exact) mass is 371 g/mol. The first-order chi connectivity index (χ1) is 12.5. The Kier molecular flexibility index (Phi) is 4.85. The van der Waals surface area contributed by atoms with Crippen molar-refractivity contribution >= 4 is 34.4 Å². The number of nitrogens with zero attached hydrogens (tertiary/aromatic N) is 4. The molecule has 1 aromatic heterocycles. The molecular weight excluding hydrogens is 358 g/mol. The number of oxime groups is 1. The van der Waals surface area contributed by atoms with Gasteiger partial charge in [0.2, 0.25) is 0 Å². The molecule has 0 saturated carbocycles. The van der Waals surface area contributed by atoms with Crippen molar-refractivity contribution in [2.24, 2.45) is 12.2 Å². The van der Waals surface area contributed by atoms with E-state index in [9.17, 15) is 15.3 Å². The Morgan fingerprint density at radius 2 is 2.12 bits per heavy atom. The number of rotatable bonds is 5. The lowest BCUT2D eigenvalue weighted by atomic mass is 10.1. The van der Waals surface area contributed by atoms with Gasteiger partial charge in [0.05, 0.1) is 9.95 Å². The topological polar surface area (TPSA) is 106 Å². The molecule has 3 aromatic rings. The molecule has 0 fully saturated rings. The second-order valence-corrected chi connectivity index (χ2v) is 5.81. The average Bonchev–Trinajstić information content (AvgIpc) is 3.03. The predicted molar refractivity (Wildman–Crippen MR) is 98.5 cm³/mol. The van der Waals surface area contributed by atoms with Crippen molar-refractivity contribution in [3.05, 3.63) is 81.4 Å². The van der Waals surface area contributed by atoms with Gasteiger partial charge in [-0.05, 0) is 24.3 Å². The number of imidazole rings is 1. The minimum absolute atomic E-state index is 0.0432. The number of hydrogen-bond acceptors (Lipinski definition) is 6. The summed E-state index contributed by atoms with van der Waals surface area (Å²) in [5.41, 5.74) is 1.57. The molecule has 9 heteroatoms. The lowest BCUT2D eigenvalue weighted by Gasteiger charge is -2.11. The van der Waals surface area contributed by atoms with Gasteiger partial charge in [0.25, 0.3) is 5.69 Å². The number of benzene rings is 2. The fraction of sp³-hybridized carbons (Fsp3) is 0.0588. The van der Waals surface area contributed by atoms with Gasteiger partial charge in [0.1, 0.15) is 5.69 Å². The van der Waals surface area contributed by atoms with Crippen LogP contribution in [0, 0.1) is 10.1 Å². The molecule has 132 valence electrons. The summed E-state index contributed by atoms with van der Waals surface area (Å²) in [6.45, 7) is 0. The maximum atomic E-state index is 11.1. The van der Waals surface area contributed by atoms with Gasteiger partial charge in [-0.1, -0.05) is 28.9 Å². The highest BCUT2D eigenvalue weighted by Crippen LogP contribution is 2.30. The van der Waals surface area contributed by atoms with Crippen LogP contribution in [0.5, 0.6) is 0 Å². The molecule has 0 bridgehead atoms. The summed E-state index contributed by atoms with van der Waals surface area (Å²) in [5, 5.41) is 27.1. The summed E-state index contributed by atoms with van der Waals surface area (Å²) < 4.78 is 1.70. The van der Waals surface area contributed by atoms with E-state index in [-0.39, 0.29) is 11.4 Å². The van der Waals surface area contributed by atoms with Crippen molar-refractivity contribution in [2.45, 2.75) is 0 Å². The second kappa shape index (κ2) is 7.24. The van der Waals surface area contributed by atoms with Crippen LogP contribution in [0.3, 0.4) is 0 Å². The molecular formula is C17H14ClN5O3. The summed E-state index contributed by atoms with van der Waals surface area (Å²) in [6.07, 6.45) is 3.30. The second-order valence-electron chi connectivity index (χ2n) is 5.40. The molecule has 0 aliphatic carbocycles. The fourth-order valence-electron chi connectivity index (χ4n) is 2.49. The molecule has 0 amide bonds. The van der Waals surface area contributed by atoms with Crippen molar-refractivity contribution in [1.29, 1.82) is 0 Å². The van der Waals surface area contributed by atoms with Crippen LogP contribution in [0.2, 0.25) is 5.02 Å². The SMILES string of the molecule is Cn1ccnc1C(=NO)c1ccc(Nc2ccccc2[N+](=O)[O-])cc1Cl. The third-order valence-electron chi connectivity index (χ3n) is 3.74. The van der Waals surface area contributed by atoms with Gasteiger partial charge in [0.15, 0.2) is 11.5 Å². The zero-order valence-corrected chi connectivity index (χ0v) is 14.4. The molecule has 8 nitrogen and oxygen atoms in total. The van der Waals surface area contributed by atoms with E-state index in [2.05, 4.69) is 15.5 Å². The van der Waals surface area contributed by atoms with E-state index < -0.39 is 4.92 Å². The van der Waals surface area contributed by atoms with Gasteiger partial charge < -0.3 is 15.1 Å². The number of hydrogen-bond donors (Lipinski definition) is 2. The summed E-state index contributed by atoms with van der Waals surface area (Å²) in [5.74, 6) is 0.453. The number of nitro groups is 1.